The van der Waals surface area contributed by atoms with Crippen LogP contribution in [0.1, 0.15) is 11.1 Å². The molecule has 1 aromatic heterocycles. The van der Waals surface area contributed by atoms with E-state index in [0.717, 1.165) is 43.4 Å². The molecule has 2 aliphatic heterocycles. The Bertz CT molecular complexity index is 1010. The van der Waals surface area contributed by atoms with Gasteiger partial charge in [-0.05, 0) is 37.7 Å². The normalized spacial score (nSPS) is 17.3. The summed E-state index contributed by atoms with van der Waals surface area (Å²) in [6.45, 7) is 6.30. The van der Waals surface area contributed by atoms with Crippen molar-refractivity contribution < 1.29 is 0 Å². The molecule has 1 N–H and O–H groups in total. The first kappa shape index (κ1) is 15.9. The minimum absolute atomic E-state index is 1.01. The number of likely N-dealkylation sites (N-methyl/N-ethyl adjacent to an activating group) is 1. The van der Waals surface area contributed by atoms with Crippen molar-refractivity contribution >= 4 is 43.6 Å². The molecule has 0 saturated carbocycles. The largest absolute Gasteiger partial charge is 0.353 e. The van der Waals surface area contributed by atoms with Gasteiger partial charge < -0.3 is 15.1 Å². The molecule has 5 heteroatoms. The molecule has 5 rings (SSSR count). The third kappa shape index (κ3) is 2.59. The van der Waals surface area contributed by atoms with Gasteiger partial charge in [0.15, 0.2) is 0 Å². The van der Waals surface area contributed by atoms with Crippen molar-refractivity contribution in [3.05, 3.63) is 53.6 Å². The second kappa shape index (κ2) is 6.11. The van der Waals surface area contributed by atoms with E-state index in [1.165, 1.54) is 26.2 Å². The Morgan fingerprint density at radius 2 is 1.85 bits per heavy atom. The van der Waals surface area contributed by atoms with Crippen molar-refractivity contribution in [1.82, 2.24) is 9.80 Å². The van der Waals surface area contributed by atoms with Gasteiger partial charge in [-0.1, -0.05) is 24.3 Å². The number of amidine groups is 1. The van der Waals surface area contributed by atoms with Gasteiger partial charge in [-0.25, -0.2) is 4.99 Å². The van der Waals surface area contributed by atoms with Gasteiger partial charge in [-0.3, -0.25) is 0 Å². The lowest BCUT2D eigenvalue weighted by atomic mass is 10.1. The van der Waals surface area contributed by atoms with E-state index in [1.54, 1.807) is 0 Å². The average Bonchev–Trinajstić information content (AvgIpc) is 2.92. The molecule has 0 atom stereocenters. The highest BCUT2D eigenvalue weighted by Gasteiger charge is 2.27. The highest BCUT2D eigenvalue weighted by atomic mass is 32.1. The Morgan fingerprint density at radius 3 is 2.69 bits per heavy atom. The zero-order chi connectivity index (χ0) is 17.7. The summed E-state index contributed by atoms with van der Waals surface area (Å²) in [5.41, 5.74) is 4.63. The minimum atomic E-state index is 1.01. The summed E-state index contributed by atoms with van der Waals surface area (Å²) in [6, 6.07) is 15.1. The fraction of sp³-hybridized carbons (Fsp3) is 0.286. The fourth-order valence-corrected chi connectivity index (χ4v) is 4.85. The zero-order valence-electron chi connectivity index (χ0n) is 15.1. The number of thiophene rings is 1. The molecule has 0 amide bonds. The smallest absolute Gasteiger partial charge is 0.140 e. The van der Waals surface area contributed by atoms with Crippen LogP contribution in [0.15, 0.2) is 47.5 Å². The van der Waals surface area contributed by atoms with Crippen molar-refractivity contribution in [2.75, 3.05) is 38.5 Å². The van der Waals surface area contributed by atoms with Crippen molar-refractivity contribution in [2.45, 2.75) is 6.92 Å². The van der Waals surface area contributed by atoms with Crippen LogP contribution in [0.2, 0.25) is 0 Å². The van der Waals surface area contributed by atoms with Gasteiger partial charge in [-0.2, -0.15) is 0 Å². The number of hydrogen-bond acceptors (Lipinski definition) is 5. The molecule has 0 radical (unpaired) electrons. The maximum absolute atomic E-state index is 5.16. The number of aryl methyl sites for hydroxylation is 1. The maximum atomic E-state index is 5.16. The summed E-state index contributed by atoms with van der Waals surface area (Å²) in [4.78, 5) is 10.00. The lowest BCUT2D eigenvalue weighted by molar-refractivity contribution is 0.216. The number of aliphatic imine (C=N–C) groups is 1. The van der Waals surface area contributed by atoms with E-state index in [4.69, 9.17) is 4.99 Å². The van der Waals surface area contributed by atoms with Gasteiger partial charge >= 0.3 is 0 Å². The number of hydrogen-bond donors (Lipinski definition) is 1. The van der Waals surface area contributed by atoms with E-state index in [-0.39, 0.29) is 0 Å². The summed E-state index contributed by atoms with van der Waals surface area (Å²) in [5, 5.41) is 6.17. The lowest BCUT2D eigenvalue weighted by Crippen LogP contribution is -2.47. The van der Waals surface area contributed by atoms with Crippen LogP contribution in [0, 0.1) is 6.92 Å². The number of nitrogens with zero attached hydrogens (tertiary/aromatic N) is 3. The second-order valence-corrected chi connectivity index (χ2v) is 8.23. The van der Waals surface area contributed by atoms with E-state index >= 15 is 0 Å². The van der Waals surface area contributed by atoms with Gasteiger partial charge in [0.05, 0.1) is 16.9 Å². The van der Waals surface area contributed by atoms with Crippen LogP contribution in [-0.2, 0) is 0 Å². The number of benzene rings is 2. The molecule has 26 heavy (non-hydrogen) atoms. The van der Waals surface area contributed by atoms with Crippen LogP contribution in [0.5, 0.6) is 0 Å². The average molecular weight is 363 g/mol. The highest BCUT2D eigenvalue weighted by molar-refractivity contribution is 7.23. The first-order chi connectivity index (χ1) is 12.7. The van der Waals surface area contributed by atoms with E-state index in [1.807, 2.05) is 11.3 Å². The number of piperazine rings is 1. The summed E-state index contributed by atoms with van der Waals surface area (Å²) < 4.78 is 1.31. The molecule has 132 valence electrons. The molecular formula is C21H22N4S. The topological polar surface area (TPSA) is 30.9 Å². The van der Waals surface area contributed by atoms with E-state index < -0.39 is 0 Å². The van der Waals surface area contributed by atoms with E-state index in [9.17, 15) is 0 Å². The Morgan fingerprint density at radius 1 is 1.04 bits per heavy atom. The first-order valence-electron chi connectivity index (χ1n) is 9.11. The Kier molecular flexibility index (Phi) is 3.72. The molecule has 0 aliphatic carbocycles. The second-order valence-electron chi connectivity index (χ2n) is 7.17. The molecule has 2 aliphatic rings. The third-order valence-electron chi connectivity index (χ3n) is 5.25. The summed E-state index contributed by atoms with van der Waals surface area (Å²) in [7, 11) is 2.19. The van der Waals surface area contributed by atoms with Crippen LogP contribution in [0.25, 0.3) is 10.1 Å². The summed E-state index contributed by atoms with van der Waals surface area (Å²) >= 11 is 1.82. The molecule has 3 heterocycles. The molecule has 3 aromatic rings. The Labute approximate surface area is 157 Å². The quantitative estimate of drug-likeness (QED) is 0.634. The Balaban J connectivity index is 1.72. The molecule has 4 nitrogen and oxygen atoms in total. The minimum Gasteiger partial charge on any atom is -0.353 e. The molecule has 2 aromatic carbocycles. The first-order valence-corrected chi connectivity index (χ1v) is 9.92. The molecular weight excluding hydrogens is 340 g/mol. The molecule has 0 bridgehead atoms. The van der Waals surface area contributed by atoms with Crippen LogP contribution in [-0.4, -0.2) is 48.9 Å². The molecule has 1 saturated heterocycles. The van der Waals surface area contributed by atoms with E-state index in [0.29, 0.717) is 0 Å². The van der Waals surface area contributed by atoms with Gasteiger partial charge in [0.1, 0.15) is 10.8 Å². The summed E-state index contributed by atoms with van der Waals surface area (Å²) in [6.07, 6.45) is 0. The molecule has 0 spiro atoms. The van der Waals surface area contributed by atoms with Gasteiger partial charge in [0, 0.05) is 36.3 Å². The third-order valence-corrected chi connectivity index (χ3v) is 6.33. The summed E-state index contributed by atoms with van der Waals surface area (Å²) in [5.74, 6) is 1.11. The fourth-order valence-electron chi connectivity index (χ4n) is 3.74. The van der Waals surface area contributed by atoms with Crippen molar-refractivity contribution in [3.63, 3.8) is 0 Å². The van der Waals surface area contributed by atoms with Gasteiger partial charge in [-0.15, -0.1) is 11.3 Å². The number of fused-ring (bicyclic) bond motifs is 4. The van der Waals surface area contributed by atoms with Crippen molar-refractivity contribution in [1.29, 1.82) is 0 Å². The SMILES string of the molecule is Cc1ccc2c(c1)Nc1sc3ccccc3c1C(N1CCN(C)CC1)=N2. The number of anilines is 2. The predicted molar refractivity (Wildman–Crippen MR) is 112 cm³/mol. The number of nitrogens with one attached hydrogen (secondary N) is 1. The van der Waals surface area contributed by atoms with Crippen molar-refractivity contribution in [2.24, 2.45) is 4.99 Å². The van der Waals surface area contributed by atoms with Crippen LogP contribution >= 0.6 is 11.3 Å². The number of rotatable bonds is 0. The van der Waals surface area contributed by atoms with Crippen LogP contribution < -0.4 is 5.32 Å². The Hall–Kier alpha value is -2.37. The van der Waals surface area contributed by atoms with Gasteiger partial charge in [0.25, 0.3) is 0 Å². The zero-order valence-corrected chi connectivity index (χ0v) is 15.9. The van der Waals surface area contributed by atoms with Crippen molar-refractivity contribution in [3.8, 4) is 0 Å². The maximum Gasteiger partial charge on any atom is 0.140 e. The lowest BCUT2D eigenvalue weighted by Gasteiger charge is -2.34. The van der Waals surface area contributed by atoms with Gasteiger partial charge in [0.2, 0.25) is 0 Å². The standard InChI is InChI=1S/C21H22N4S/c1-14-7-8-16-17(13-14)23-21-19(15-5-3-4-6-18(15)26-21)20(22-16)25-11-9-24(2)10-12-25/h3-8,13,23H,9-12H2,1-2H3. The molecule has 0 unspecified atom stereocenters. The van der Waals surface area contributed by atoms with E-state index in [2.05, 4.69) is 71.6 Å². The highest BCUT2D eigenvalue weighted by Crippen LogP contribution is 2.43. The predicted octanol–water partition coefficient (Wildman–Crippen LogP) is 4.59. The van der Waals surface area contributed by atoms with Crippen LogP contribution in [0.3, 0.4) is 0 Å². The monoisotopic (exact) mass is 362 g/mol. The van der Waals surface area contributed by atoms with Crippen LogP contribution in [0.4, 0.5) is 16.4 Å². The molecule has 1 fully saturated rings.